The molecule has 3 atom stereocenters. The number of carbonyl (C=O) groups is 3. The van der Waals surface area contributed by atoms with Gasteiger partial charge in [-0.3, -0.25) is 14.9 Å². The highest BCUT2D eigenvalue weighted by Gasteiger charge is 2.35. The molecule has 8 heteroatoms. The number of nitrogens with zero attached hydrogens (tertiary/aromatic N) is 1. The molecular formula is C18H24N2O5S. The number of hydrogen-bond donors (Lipinski definition) is 2. The van der Waals surface area contributed by atoms with Gasteiger partial charge in [0, 0.05) is 18.1 Å². The van der Waals surface area contributed by atoms with Crippen LogP contribution in [0.3, 0.4) is 0 Å². The Bertz CT molecular complexity index is 640. The average molecular weight is 380 g/mol. The lowest BCUT2D eigenvalue weighted by Gasteiger charge is -2.35. The Morgan fingerprint density at radius 1 is 1.27 bits per heavy atom. The molecule has 0 radical (unpaired) electrons. The molecule has 2 N–H and O–H groups in total. The Kier molecular flexibility index (Phi) is 7.47. The third kappa shape index (κ3) is 5.47. The van der Waals surface area contributed by atoms with Crippen molar-refractivity contribution >= 4 is 29.6 Å². The van der Waals surface area contributed by atoms with Crippen molar-refractivity contribution in [1.82, 2.24) is 10.2 Å². The first kappa shape index (κ1) is 20.3. The van der Waals surface area contributed by atoms with Gasteiger partial charge in [-0.1, -0.05) is 30.3 Å². The number of nitrogens with one attached hydrogen (secondary N) is 1. The summed E-state index contributed by atoms with van der Waals surface area (Å²) in [5.74, 6) is -0.703. The molecule has 1 aromatic carbocycles. The summed E-state index contributed by atoms with van der Waals surface area (Å²) in [4.78, 5) is 37.4. The van der Waals surface area contributed by atoms with Crippen molar-refractivity contribution < 1.29 is 24.2 Å². The van der Waals surface area contributed by atoms with Crippen molar-refractivity contribution in [2.45, 2.75) is 38.6 Å². The Balaban J connectivity index is 1.86. The number of carboxylic acid groups (broad SMARTS) is 1. The number of thioether (sulfide) groups is 1. The zero-order valence-corrected chi connectivity index (χ0v) is 15.7. The Hall–Kier alpha value is -2.06. The van der Waals surface area contributed by atoms with Crippen LogP contribution in [0.2, 0.25) is 0 Å². The molecule has 0 saturated carbocycles. The first-order valence-corrected chi connectivity index (χ1v) is 9.63. The zero-order chi connectivity index (χ0) is 19.1. The predicted octanol–water partition coefficient (Wildman–Crippen LogP) is 1.12. The molecule has 0 aliphatic carbocycles. The summed E-state index contributed by atoms with van der Waals surface area (Å²) in [7, 11) is 0. The lowest BCUT2D eigenvalue weighted by atomic mass is 10.2. The number of amides is 1. The van der Waals surface area contributed by atoms with Gasteiger partial charge in [-0.15, -0.1) is 0 Å². The third-order valence-electron chi connectivity index (χ3n) is 4.14. The van der Waals surface area contributed by atoms with E-state index in [2.05, 4.69) is 5.32 Å². The van der Waals surface area contributed by atoms with E-state index in [1.54, 1.807) is 13.8 Å². The van der Waals surface area contributed by atoms with Gasteiger partial charge >= 0.3 is 11.9 Å². The van der Waals surface area contributed by atoms with Crippen LogP contribution in [0.4, 0.5) is 0 Å². The van der Waals surface area contributed by atoms with Gasteiger partial charge in [0.25, 0.3) is 0 Å². The Morgan fingerprint density at radius 2 is 1.96 bits per heavy atom. The van der Waals surface area contributed by atoms with Crippen LogP contribution in [0.5, 0.6) is 0 Å². The van der Waals surface area contributed by atoms with Crippen LogP contribution < -0.4 is 5.32 Å². The molecule has 2 rings (SSSR count). The minimum atomic E-state index is -1.01. The maximum Gasteiger partial charge on any atom is 0.327 e. The maximum atomic E-state index is 12.6. The minimum absolute atomic E-state index is 0.165. The van der Waals surface area contributed by atoms with Gasteiger partial charge in [0.15, 0.2) is 0 Å². The summed E-state index contributed by atoms with van der Waals surface area (Å²) >= 11 is 1.52. The van der Waals surface area contributed by atoms with E-state index in [1.165, 1.54) is 16.7 Å². The molecule has 0 spiro atoms. The summed E-state index contributed by atoms with van der Waals surface area (Å²) in [5.41, 5.74) is 0.882. The Morgan fingerprint density at radius 3 is 2.62 bits per heavy atom. The molecule has 1 saturated heterocycles. The van der Waals surface area contributed by atoms with Crippen molar-refractivity contribution in [2.24, 2.45) is 0 Å². The fourth-order valence-corrected chi connectivity index (χ4v) is 3.73. The lowest BCUT2D eigenvalue weighted by molar-refractivity contribution is -0.151. The zero-order valence-electron chi connectivity index (χ0n) is 14.9. The standard InChI is InChI=1S/C18H24N2O5S/c1-12(16(21)20-8-9-26-11-15(20)17(22)23)19-13(2)18(24)25-10-14-6-4-3-5-7-14/h3-7,12-13,15,19H,8-11H2,1-2H3,(H,22,23). The van der Waals surface area contributed by atoms with Gasteiger partial charge < -0.3 is 14.7 Å². The molecule has 1 fully saturated rings. The summed E-state index contributed by atoms with van der Waals surface area (Å²) in [5, 5.41) is 12.2. The highest BCUT2D eigenvalue weighted by Crippen LogP contribution is 2.18. The van der Waals surface area contributed by atoms with Gasteiger partial charge in [0.05, 0.1) is 6.04 Å². The van der Waals surface area contributed by atoms with Crippen LogP contribution in [0.1, 0.15) is 19.4 Å². The van der Waals surface area contributed by atoms with Gasteiger partial charge in [-0.2, -0.15) is 11.8 Å². The summed E-state index contributed by atoms with van der Waals surface area (Å²) in [6.07, 6.45) is 0. The number of carboxylic acids is 1. The average Bonchev–Trinajstić information content (AvgIpc) is 2.66. The molecule has 1 aliphatic rings. The summed E-state index contributed by atoms with van der Waals surface area (Å²) < 4.78 is 5.25. The largest absolute Gasteiger partial charge is 0.480 e. The number of aliphatic carboxylic acids is 1. The van der Waals surface area contributed by atoms with Gasteiger partial charge in [0.2, 0.25) is 5.91 Å². The van der Waals surface area contributed by atoms with E-state index in [9.17, 15) is 19.5 Å². The van der Waals surface area contributed by atoms with Crippen molar-refractivity contribution in [3.8, 4) is 0 Å². The predicted molar refractivity (Wildman–Crippen MR) is 98.8 cm³/mol. The second-order valence-corrected chi connectivity index (χ2v) is 7.31. The lowest BCUT2D eigenvalue weighted by Crippen LogP contribution is -2.57. The smallest absolute Gasteiger partial charge is 0.327 e. The molecule has 1 aliphatic heterocycles. The quantitative estimate of drug-likeness (QED) is 0.685. The van der Waals surface area contributed by atoms with Gasteiger partial charge in [-0.25, -0.2) is 4.79 Å². The number of carbonyl (C=O) groups excluding carboxylic acids is 2. The molecule has 0 aromatic heterocycles. The van der Waals surface area contributed by atoms with Crippen molar-refractivity contribution in [2.75, 3.05) is 18.1 Å². The van der Waals surface area contributed by atoms with Crippen LogP contribution in [-0.4, -0.2) is 64.0 Å². The SMILES string of the molecule is CC(NC(C)C(=O)N1CCSCC1C(=O)O)C(=O)OCc1ccccc1. The molecular weight excluding hydrogens is 356 g/mol. The number of rotatable bonds is 7. The first-order valence-electron chi connectivity index (χ1n) is 8.47. The van der Waals surface area contributed by atoms with Crippen LogP contribution >= 0.6 is 11.8 Å². The van der Waals surface area contributed by atoms with E-state index < -0.39 is 30.1 Å². The third-order valence-corrected chi connectivity index (χ3v) is 5.17. The van der Waals surface area contributed by atoms with Crippen LogP contribution in [0.25, 0.3) is 0 Å². The second-order valence-electron chi connectivity index (χ2n) is 6.16. The molecule has 0 bridgehead atoms. The topological polar surface area (TPSA) is 95.9 Å². The van der Waals surface area contributed by atoms with E-state index >= 15 is 0 Å². The molecule has 3 unspecified atom stereocenters. The van der Waals surface area contributed by atoms with E-state index in [1.807, 2.05) is 30.3 Å². The maximum absolute atomic E-state index is 12.6. The molecule has 142 valence electrons. The van der Waals surface area contributed by atoms with Crippen LogP contribution in [0, 0.1) is 0 Å². The van der Waals surface area contributed by atoms with E-state index in [0.29, 0.717) is 18.1 Å². The number of benzene rings is 1. The summed E-state index contributed by atoms with van der Waals surface area (Å²) in [6.45, 7) is 3.81. The molecule has 1 aromatic rings. The van der Waals surface area contributed by atoms with Crippen LogP contribution in [0.15, 0.2) is 30.3 Å². The second kappa shape index (κ2) is 9.59. The molecule has 1 heterocycles. The minimum Gasteiger partial charge on any atom is -0.480 e. The van der Waals surface area contributed by atoms with Crippen molar-refractivity contribution in [3.63, 3.8) is 0 Å². The van der Waals surface area contributed by atoms with Crippen LogP contribution in [-0.2, 0) is 25.7 Å². The normalized spacial score (nSPS) is 19.5. The fourth-order valence-electron chi connectivity index (χ4n) is 2.69. The molecule has 1 amide bonds. The van der Waals surface area contributed by atoms with Gasteiger partial charge in [-0.05, 0) is 19.4 Å². The van der Waals surface area contributed by atoms with Gasteiger partial charge in [0.1, 0.15) is 18.7 Å². The highest BCUT2D eigenvalue weighted by atomic mass is 32.2. The van der Waals surface area contributed by atoms with Crippen molar-refractivity contribution in [1.29, 1.82) is 0 Å². The van der Waals surface area contributed by atoms with E-state index in [0.717, 1.165) is 5.56 Å². The highest BCUT2D eigenvalue weighted by molar-refractivity contribution is 7.99. The van der Waals surface area contributed by atoms with Crippen molar-refractivity contribution in [3.05, 3.63) is 35.9 Å². The van der Waals surface area contributed by atoms with E-state index in [-0.39, 0.29) is 12.5 Å². The monoisotopic (exact) mass is 380 g/mol. The molecule has 7 nitrogen and oxygen atoms in total. The number of hydrogen-bond acceptors (Lipinski definition) is 6. The van der Waals surface area contributed by atoms with E-state index in [4.69, 9.17) is 4.74 Å². The first-order chi connectivity index (χ1) is 12.4. The fraction of sp³-hybridized carbons (Fsp3) is 0.500. The number of esters is 1. The Labute approximate surface area is 157 Å². The molecule has 26 heavy (non-hydrogen) atoms. The summed E-state index contributed by atoms with van der Waals surface area (Å²) in [6, 6.07) is 7.13. The number of ether oxygens (including phenoxy) is 1.